The topological polar surface area (TPSA) is 70.4 Å². The smallest absolute Gasteiger partial charge is 0.321 e. The van der Waals surface area contributed by atoms with Gasteiger partial charge in [-0.2, -0.15) is 0 Å². The monoisotopic (exact) mass is 314 g/mol. The molecule has 0 bridgehead atoms. The molecule has 3 rings (SSSR count). The Bertz CT molecular complexity index is 683. The Kier molecular flexibility index (Phi) is 4.62. The summed E-state index contributed by atoms with van der Waals surface area (Å²) in [5.41, 5.74) is 1.71. The van der Waals surface area contributed by atoms with Gasteiger partial charge in [0.05, 0.1) is 6.10 Å². The number of β-amino-alcohol motifs (C(OH)–C–C–N with tert-alkyl or cyclic N) is 1. The summed E-state index contributed by atoms with van der Waals surface area (Å²) in [6.07, 6.45) is 5.03. The third-order valence-corrected chi connectivity index (χ3v) is 4.00. The largest absolute Gasteiger partial charge is 0.391 e. The highest BCUT2D eigenvalue weighted by Crippen LogP contribution is 2.22. The maximum absolute atomic E-state index is 12.2. The minimum Gasteiger partial charge on any atom is -0.391 e. The zero-order chi connectivity index (χ0) is 16.2. The van der Waals surface area contributed by atoms with E-state index in [4.69, 9.17) is 0 Å². The van der Waals surface area contributed by atoms with E-state index < -0.39 is 6.10 Å². The minimum atomic E-state index is -0.409. The molecule has 1 aliphatic heterocycles. The number of hydrogen-bond donors (Lipinski definition) is 2. The van der Waals surface area contributed by atoms with Crippen LogP contribution in [-0.4, -0.2) is 44.8 Å². The summed E-state index contributed by atoms with van der Waals surface area (Å²) in [5.74, 6) is 0.902. The average Bonchev–Trinajstić information content (AvgIpc) is 3.17. The summed E-state index contributed by atoms with van der Waals surface area (Å²) in [5, 5.41) is 12.4. The first-order chi connectivity index (χ1) is 11.2. The van der Waals surface area contributed by atoms with Crippen molar-refractivity contribution in [3.8, 4) is 11.4 Å². The highest BCUT2D eigenvalue weighted by molar-refractivity contribution is 5.90. The molecule has 0 radical (unpaired) electrons. The number of anilines is 1. The van der Waals surface area contributed by atoms with E-state index in [0.717, 1.165) is 30.0 Å². The number of carbonyl (C=O) groups is 1. The zero-order valence-corrected chi connectivity index (χ0v) is 13.3. The molecule has 2 N–H and O–H groups in total. The normalized spacial score (nSPS) is 17.5. The summed E-state index contributed by atoms with van der Waals surface area (Å²) in [6.45, 7) is 4.03. The van der Waals surface area contributed by atoms with Crippen molar-refractivity contribution in [3.63, 3.8) is 0 Å². The van der Waals surface area contributed by atoms with Crippen LogP contribution in [0.4, 0.5) is 10.5 Å². The minimum absolute atomic E-state index is 0.171. The second kappa shape index (κ2) is 6.83. The summed E-state index contributed by atoms with van der Waals surface area (Å²) >= 11 is 0. The van der Waals surface area contributed by atoms with Gasteiger partial charge in [0.1, 0.15) is 5.82 Å². The molecule has 0 aliphatic carbocycles. The van der Waals surface area contributed by atoms with E-state index in [1.165, 1.54) is 0 Å². The molecule has 1 aromatic carbocycles. The van der Waals surface area contributed by atoms with E-state index >= 15 is 0 Å². The Hall–Kier alpha value is -2.34. The molecule has 2 amide bonds. The van der Waals surface area contributed by atoms with Crippen molar-refractivity contribution in [1.82, 2.24) is 14.5 Å². The number of likely N-dealkylation sites (tertiary alicyclic amines) is 1. The fourth-order valence-electron chi connectivity index (χ4n) is 2.86. The predicted octanol–water partition coefficient (Wildman–Crippen LogP) is 2.56. The van der Waals surface area contributed by atoms with E-state index in [1.54, 1.807) is 11.1 Å². The maximum Gasteiger partial charge on any atom is 0.321 e. The number of nitrogens with one attached hydrogen (secondary N) is 1. The number of imidazole rings is 1. The van der Waals surface area contributed by atoms with Crippen LogP contribution in [-0.2, 0) is 6.54 Å². The van der Waals surface area contributed by atoms with Crippen LogP contribution in [0.2, 0.25) is 0 Å². The molecule has 6 heteroatoms. The molecular formula is C17H22N4O2. The van der Waals surface area contributed by atoms with Crippen molar-refractivity contribution in [2.45, 2.75) is 32.4 Å². The molecular weight excluding hydrogens is 292 g/mol. The summed E-state index contributed by atoms with van der Waals surface area (Å²) in [4.78, 5) is 18.3. The lowest BCUT2D eigenvalue weighted by atomic mass is 10.2. The van der Waals surface area contributed by atoms with Crippen LogP contribution in [0.25, 0.3) is 11.4 Å². The number of aryl methyl sites for hydroxylation is 1. The van der Waals surface area contributed by atoms with Crippen LogP contribution in [0.1, 0.15) is 19.8 Å². The van der Waals surface area contributed by atoms with E-state index in [9.17, 15) is 9.90 Å². The number of rotatable bonds is 4. The molecule has 1 atom stereocenters. The van der Waals surface area contributed by atoms with E-state index in [2.05, 4.69) is 21.8 Å². The first kappa shape index (κ1) is 15.6. The predicted molar refractivity (Wildman–Crippen MR) is 89.2 cm³/mol. The number of aromatic nitrogens is 2. The first-order valence-electron chi connectivity index (χ1n) is 8.03. The Balaban J connectivity index is 1.75. The van der Waals surface area contributed by atoms with Crippen molar-refractivity contribution in [2.24, 2.45) is 0 Å². The molecule has 1 aliphatic rings. The number of hydrogen-bond acceptors (Lipinski definition) is 3. The number of aliphatic hydroxyl groups excluding tert-OH is 1. The van der Waals surface area contributed by atoms with Crippen LogP contribution in [0.3, 0.4) is 0 Å². The van der Waals surface area contributed by atoms with Gasteiger partial charge < -0.3 is 19.9 Å². The van der Waals surface area contributed by atoms with Gasteiger partial charge in [-0.25, -0.2) is 9.78 Å². The highest BCUT2D eigenvalue weighted by atomic mass is 16.3. The zero-order valence-electron chi connectivity index (χ0n) is 13.3. The van der Waals surface area contributed by atoms with E-state index in [1.807, 2.05) is 30.5 Å². The number of benzene rings is 1. The first-order valence-corrected chi connectivity index (χ1v) is 8.03. The number of nitrogens with zero attached hydrogens (tertiary/aromatic N) is 3. The number of amides is 2. The fraction of sp³-hybridized carbons (Fsp3) is 0.412. The second-order valence-electron chi connectivity index (χ2n) is 5.84. The lowest BCUT2D eigenvalue weighted by Crippen LogP contribution is -2.33. The molecule has 1 aromatic heterocycles. The average molecular weight is 314 g/mol. The summed E-state index contributed by atoms with van der Waals surface area (Å²) in [6, 6.07) is 7.52. The van der Waals surface area contributed by atoms with Gasteiger partial charge >= 0.3 is 6.03 Å². The Morgan fingerprint density at radius 3 is 3.09 bits per heavy atom. The summed E-state index contributed by atoms with van der Waals surface area (Å²) in [7, 11) is 0. The molecule has 6 nitrogen and oxygen atoms in total. The second-order valence-corrected chi connectivity index (χ2v) is 5.84. The van der Waals surface area contributed by atoms with Gasteiger partial charge in [0.25, 0.3) is 0 Å². The lowest BCUT2D eigenvalue weighted by Gasteiger charge is -2.17. The molecule has 2 heterocycles. The van der Waals surface area contributed by atoms with Gasteiger partial charge in [-0.1, -0.05) is 19.1 Å². The number of aliphatic hydroxyl groups is 1. The van der Waals surface area contributed by atoms with Gasteiger partial charge in [0.2, 0.25) is 0 Å². The highest BCUT2D eigenvalue weighted by Gasteiger charge is 2.24. The number of carbonyl (C=O) groups excluding carboxylic acids is 1. The Labute approximate surface area is 135 Å². The van der Waals surface area contributed by atoms with Gasteiger partial charge in [-0.3, -0.25) is 0 Å². The fourth-order valence-corrected chi connectivity index (χ4v) is 2.86. The van der Waals surface area contributed by atoms with Gasteiger partial charge in [0, 0.05) is 43.3 Å². The van der Waals surface area contributed by atoms with E-state index in [0.29, 0.717) is 19.5 Å². The Morgan fingerprint density at radius 2 is 2.35 bits per heavy atom. The van der Waals surface area contributed by atoms with Crippen molar-refractivity contribution >= 4 is 11.7 Å². The van der Waals surface area contributed by atoms with Crippen LogP contribution in [0.15, 0.2) is 36.7 Å². The molecule has 122 valence electrons. The van der Waals surface area contributed by atoms with Crippen molar-refractivity contribution in [3.05, 3.63) is 36.7 Å². The maximum atomic E-state index is 12.2. The molecule has 2 aromatic rings. The van der Waals surface area contributed by atoms with Gasteiger partial charge in [-0.05, 0) is 25.0 Å². The van der Waals surface area contributed by atoms with Crippen LogP contribution >= 0.6 is 0 Å². The molecule has 23 heavy (non-hydrogen) atoms. The SMILES string of the molecule is CCCn1ccnc1-c1cccc(NC(=O)N2CC[C@H](O)C2)c1. The van der Waals surface area contributed by atoms with Gasteiger partial charge in [0.15, 0.2) is 0 Å². The molecule has 1 saturated heterocycles. The van der Waals surface area contributed by atoms with E-state index in [-0.39, 0.29) is 6.03 Å². The quantitative estimate of drug-likeness (QED) is 0.911. The Morgan fingerprint density at radius 1 is 1.48 bits per heavy atom. The lowest BCUT2D eigenvalue weighted by molar-refractivity contribution is 0.176. The molecule has 0 saturated carbocycles. The van der Waals surface area contributed by atoms with Crippen LogP contribution in [0.5, 0.6) is 0 Å². The molecule has 0 spiro atoms. The number of urea groups is 1. The van der Waals surface area contributed by atoms with Crippen molar-refractivity contribution in [1.29, 1.82) is 0 Å². The van der Waals surface area contributed by atoms with Gasteiger partial charge in [-0.15, -0.1) is 0 Å². The van der Waals surface area contributed by atoms with Crippen LogP contribution in [0, 0.1) is 0 Å². The molecule has 0 unspecified atom stereocenters. The molecule has 1 fully saturated rings. The van der Waals surface area contributed by atoms with Crippen molar-refractivity contribution < 1.29 is 9.90 Å². The van der Waals surface area contributed by atoms with Crippen LogP contribution < -0.4 is 5.32 Å². The third kappa shape index (κ3) is 3.53. The third-order valence-electron chi connectivity index (χ3n) is 4.00. The standard InChI is InChI=1S/C17H22N4O2/c1-2-8-20-10-7-18-16(20)13-4-3-5-14(11-13)19-17(23)21-9-6-15(22)12-21/h3-5,7,10-11,15,22H,2,6,8-9,12H2,1H3,(H,19,23)/t15-/m0/s1. The summed E-state index contributed by atoms with van der Waals surface area (Å²) < 4.78 is 2.11. The van der Waals surface area contributed by atoms with Crippen molar-refractivity contribution in [2.75, 3.05) is 18.4 Å².